The number of anilines is 1. The van der Waals surface area contributed by atoms with Crippen LogP contribution in [0.15, 0.2) is 30.3 Å². The van der Waals surface area contributed by atoms with Crippen LogP contribution in [0.2, 0.25) is 0 Å². The van der Waals surface area contributed by atoms with E-state index in [1.54, 1.807) is 0 Å². The molecule has 1 aromatic heterocycles. The first-order chi connectivity index (χ1) is 11.2. The zero-order valence-electron chi connectivity index (χ0n) is 13.1. The van der Waals surface area contributed by atoms with Gasteiger partial charge in [0.1, 0.15) is 5.00 Å². The molecule has 0 saturated heterocycles. The normalized spacial score (nSPS) is 13.3. The number of rotatable bonds is 4. The third-order valence-corrected chi connectivity index (χ3v) is 5.23. The third-order valence-electron chi connectivity index (χ3n) is 4.02. The van der Waals surface area contributed by atoms with Crippen molar-refractivity contribution in [2.45, 2.75) is 32.1 Å². The van der Waals surface area contributed by atoms with E-state index in [2.05, 4.69) is 5.32 Å². The minimum atomic E-state index is -0.362. The second-order valence-corrected chi connectivity index (χ2v) is 6.72. The molecule has 0 spiro atoms. The van der Waals surface area contributed by atoms with Crippen molar-refractivity contribution in [1.29, 1.82) is 0 Å². The molecule has 0 atom stereocenters. The van der Waals surface area contributed by atoms with Crippen LogP contribution in [0.1, 0.15) is 39.2 Å². The van der Waals surface area contributed by atoms with Crippen LogP contribution in [0, 0.1) is 0 Å². The van der Waals surface area contributed by atoms with Crippen LogP contribution in [0.4, 0.5) is 5.00 Å². The maximum Gasteiger partial charge on any atom is 0.341 e. The fraction of sp³-hybridized carbons (Fsp3) is 0.333. The number of benzene rings is 1. The van der Waals surface area contributed by atoms with Gasteiger partial charge in [-0.2, -0.15) is 0 Å². The predicted octanol–water partition coefficient (Wildman–Crippen LogP) is 3.59. The first kappa shape index (κ1) is 15.7. The van der Waals surface area contributed by atoms with Crippen molar-refractivity contribution in [3.05, 3.63) is 51.9 Å². The van der Waals surface area contributed by atoms with Crippen molar-refractivity contribution in [2.24, 2.45) is 0 Å². The summed E-state index contributed by atoms with van der Waals surface area (Å²) in [7, 11) is 1.38. The number of hydrogen-bond acceptors (Lipinski definition) is 4. The average molecular weight is 329 g/mol. The Bertz CT molecular complexity index is 721. The number of methoxy groups -OCH3 is 1. The van der Waals surface area contributed by atoms with Gasteiger partial charge in [0.15, 0.2) is 0 Å². The largest absolute Gasteiger partial charge is 0.465 e. The molecule has 4 nitrogen and oxygen atoms in total. The molecule has 0 radical (unpaired) electrons. The summed E-state index contributed by atoms with van der Waals surface area (Å²) in [4.78, 5) is 25.6. The van der Waals surface area contributed by atoms with Crippen LogP contribution in [-0.2, 0) is 28.8 Å². The molecule has 120 valence electrons. The number of amides is 1. The summed E-state index contributed by atoms with van der Waals surface area (Å²) in [6.07, 6.45) is 4.35. The number of carbonyl (C=O) groups excluding carboxylic acids is 2. The van der Waals surface area contributed by atoms with Crippen LogP contribution in [0.25, 0.3) is 0 Å². The number of thiophene rings is 1. The maximum absolute atomic E-state index is 12.3. The second kappa shape index (κ2) is 6.96. The predicted molar refractivity (Wildman–Crippen MR) is 91.1 cm³/mol. The summed E-state index contributed by atoms with van der Waals surface area (Å²) in [5.74, 6) is -0.473. The van der Waals surface area contributed by atoms with Gasteiger partial charge in [-0.3, -0.25) is 4.79 Å². The van der Waals surface area contributed by atoms with Gasteiger partial charge in [0.25, 0.3) is 0 Å². The molecule has 2 aromatic rings. The van der Waals surface area contributed by atoms with Gasteiger partial charge in [0, 0.05) is 4.88 Å². The standard InChI is InChI=1S/C18H19NO3S/c1-22-18(21)16-13-9-5-6-10-14(13)23-17(16)19-15(20)11-12-7-3-2-4-8-12/h2-4,7-8H,5-6,9-11H2,1H3,(H,19,20). The Morgan fingerprint density at radius 3 is 2.65 bits per heavy atom. The lowest BCUT2D eigenvalue weighted by molar-refractivity contribution is -0.115. The number of aryl methyl sites for hydroxylation is 1. The van der Waals surface area contributed by atoms with E-state index in [9.17, 15) is 9.59 Å². The molecule has 0 unspecified atom stereocenters. The number of nitrogens with one attached hydrogen (secondary N) is 1. The second-order valence-electron chi connectivity index (χ2n) is 5.62. The van der Waals surface area contributed by atoms with Crippen LogP contribution in [0.5, 0.6) is 0 Å². The molecule has 1 heterocycles. The van der Waals surface area contributed by atoms with Crippen LogP contribution in [0.3, 0.4) is 0 Å². The summed E-state index contributed by atoms with van der Waals surface area (Å²) in [5, 5.41) is 3.54. The zero-order chi connectivity index (χ0) is 16.2. The smallest absolute Gasteiger partial charge is 0.341 e. The summed E-state index contributed by atoms with van der Waals surface area (Å²) < 4.78 is 4.92. The quantitative estimate of drug-likeness (QED) is 0.872. The van der Waals surface area contributed by atoms with E-state index in [0.717, 1.165) is 36.8 Å². The molecule has 1 N–H and O–H groups in total. The van der Waals surface area contributed by atoms with E-state index in [1.165, 1.54) is 23.3 Å². The van der Waals surface area contributed by atoms with Gasteiger partial charge >= 0.3 is 5.97 Å². The first-order valence-electron chi connectivity index (χ1n) is 7.75. The Balaban J connectivity index is 1.83. The molecule has 0 fully saturated rings. The molecule has 0 bridgehead atoms. The van der Waals surface area contributed by atoms with Crippen LogP contribution >= 0.6 is 11.3 Å². The molecule has 5 heteroatoms. The van der Waals surface area contributed by atoms with Crippen molar-refractivity contribution in [1.82, 2.24) is 0 Å². The highest BCUT2D eigenvalue weighted by Gasteiger charge is 2.26. The zero-order valence-corrected chi connectivity index (χ0v) is 13.9. The van der Waals surface area contributed by atoms with Crippen molar-refractivity contribution >= 4 is 28.2 Å². The Labute approximate surface area is 139 Å². The fourth-order valence-corrected chi connectivity index (χ4v) is 4.22. The lowest BCUT2D eigenvalue weighted by Gasteiger charge is -2.11. The third kappa shape index (κ3) is 3.45. The molecule has 1 aliphatic carbocycles. The number of carbonyl (C=O) groups is 2. The van der Waals surface area contributed by atoms with Crippen LogP contribution in [-0.4, -0.2) is 19.0 Å². The van der Waals surface area contributed by atoms with E-state index >= 15 is 0 Å². The van der Waals surface area contributed by atoms with Crippen LogP contribution < -0.4 is 5.32 Å². The topological polar surface area (TPSA) is 55.4 Å². The number of fused-ring (bicyclic) bond motifs is 1. The van der Waals surface area contributed by atoms with E-state index in [4.69, 9.17) is 4.74 Å². The molecular weight excluding hydrogens is 310 g/mol. The van der Waals surface area contributed by atoms with E-state index in [-0.39, 0.29) is 11.9 Å². The Kier molecular flexibility index (Phi) is 4.76. The number of hydrogen-bond donors (Lipinski definition) is 1. The maximum atomic E-state index is 12.3. The molecule has 1 aliphatic rings. The molecule has 3 rings (SSSR count). The number of ether oxygens (including phenoxy) is 1. The highest BCUT2D eigenvalue weighted by atomic mass is 32.1. The van der Waals surface area contributed by atoms with Gasteiger partial charge in [-0.1, -0.05) is 30.3 Å². The van der Waals surface area contributed by atoms with Crippen molar-refractivity contribution < 1.29 is 14.3 Å². The first-order valence-corrected chi connectivity index (χ1v) is 8.57. The Hall–Kier alpha value is -2.14. The minimum absolute atomic E-state index is 0.111. The number of esters is 1. The van der Waals surface area contributed by atoms with Gasteiger partial charge in [-0.15, -0.1) is 11.3 Å². The Morgan fingerprint density at radius 1 is 1.17 bits per heavy atom. The summed E-state index contributed by atoms with van der Waals surface area (Å²) >= 11 is 1.51. The highest BCUT2D eigenvalue weighted by molar-refractivity contribution is 7.17. The molecular formula is C18H19NO3S. The van der Waals surface area contributed by atoms with Crippen molar-refractivity contribution in [3.8, 4) is 0 Å². The molecule has 1 aromatic carbocycles. The highest BCUT2D eigenvalue weighted by Crippen LogP contribution is 2.38. The van der Waals surface area contributed by atoms with Crippen molar-refractivity contribution in [2.75, 3.05) is 12.4 Å². The van der Waals surface area contributed by atoms with E-state index in [1.807, 2.05) is 30.3 Å². The minimum Gasteiger partial charge on any atom is -0.465 e. The average Bonchev–Trinajstić information content (AvgIpc) is 2.92. The molecule has 0 saturated carbocycles. The summed E-state index contributed by atoms with van der Waals surface area (Å²) in [6.45, 7) is 0. The van der Waals surface area contributed by atoms with Gasteiger partial charge < -0.3 is 10.1 Å². The van der Waals surface area contributed by atoms with E-state index < -0.39 is 0 Å². The van der Waals surface area contributed by atoms with Crippen molar-refractivity contribution in [3.63, 3.8) is 0 Å². The fourth-order valence-electron chi connectivity index (χ4n) is 2.92. The van der Waals surface area contributed by atoms with Gasteiger partial charge in [-0.25, -0.2) is 4.79 Å². The monoisotopic (exact) mass is 329 g/mol. The lowest BCUT2D eigenvalue weighted by atomic mass is 9.95. The SMILES string of the molecule is COC(=O)c1c(NC(=O)Cc2ccccc2)sc2c1CCCC2. The van der Waals surface area contributed by atoms with Gasteiger partial charge in [0.05, 0.1) is 19.1 Å². The molecule has 1 amide bonds. The van der Waals surface area contributed by atoms with Gasteiger partial charge in [0.2, 0.25) is 5.91 Å². The Morgan fingerprint density at radius 2 is 1.91 bits per heavy atom. The molecule has 0 aliphatic heterocycles. The summed E-state index contributed by atoms with van der Waals surface area (Å²) in [6, 6.07) is 9.57. The lowest BCUT2D eigenvalue weighted by Crippen LogP contribution is -2.16. The van der Waals surface area contributed by atoms with Gasteiger partial charge in [-0.05, 0) is 36.8 Å². The van der Waals surface area contributed by atoms with E-state index in [0.29, 0.717) is 17.0 Å². The summed E-state index contributed by atoms with van der Waals surface area (Å²) in [5.41, 5.74) is 2.56. The molecule has 23 heavy (non-hydrogen) atoms.